The largest absolute Gasteiger partial charge is 0.495 e. The zero-order valence-electron chi connectivity index (χ0n) is 18.2. The van der Waals surface area contributed by atoms with Crippen LogP contribution in [0.5, 0.6) is 5.75 Å². The molecule has 8 heteroatoms. The van der Waals surface area contributed by atoms with E-state index in [1.807, 2.05) is 0 Å². The molecule has 0 atom stereocenters. The summed E-state index contributed by atoms with van der Waals surface area (Å²) in [4.78, 5) is 24.3. The van der Waals surface area contributed by atoms with Gasteiger partial charge in [-0.2, -0.15) is 0 Å². The summed E-state index contributed by atoms with van der Waals surface area (Å²) in [5.41, 5.74) is 2.27. The van der Waals surface area contributed by atoms with E-state index in [1.54, 1.807) is 61.5 Å². The number of carbonyl (C=O) groups is 2. The number of sulfonamides is 1. The Labute approximate surface area is 187 Å². The smallest absolute Gasteiger partial charge is 0.264 e. The molecule has 1 N–H and O–H groups in total. The minimum Gasteiger partial charge on any atom is -0.495 e. The van der Waals surface area contributed by atoms with Gasteiger partial charge in [0.15, 0.2) is 5.78 Å². The second-order valence-corrected chi connectivity index (χ2v) is 9.18. The topological polar surface area (TPSA) is 92.8 Å². The first-order valence-electron chi connectivity index (χ1n) is 9.80. The standard InChI is InChI=1S/C24H24N2O5S/c1-16-9-14-20(32(29,30)26(3)22-7-5-6-8-23(22)31-4)15-21(16)24(28)25-19-12-10-18(11-13-19)17(2)27/h5-15H,1-4H3,(H,25,28). The maximum absolute atomic E-state index is 13.3. The molecular weight excluding hydrogens is 428 g/mol. The molecule has 1 amide bonds. The first-order chi connectivity index (χ1) is 15.1. The Bertz CT molecular complexity index is 1270. The highest BCUT2D eigenvalue weighted by atomic mass is 32.2. The lowest BCUT2D eigenvalue weighted by Gasteiger charge is -2.22. The molecule has 0 saturated carbocycles. The Morgan fingerprint density at radius 1 is 0.969 bits per heavy atom. The highest BCUT2D eigenvalue weighted by Gasteiger charge is 2.25. The van der Waals surface area contributed by atoms with Crippen LogP contribution in [0.3, 0.4) is 0 Å². The zero-order valence-corrected chi connectivity index (χ0v) is 19.1. The van der Waals surface area contributed by atoms with Crippen molar-refractivity contribution in [3.63, 3.8) is 0 Å². The van der Waals surface area contributed by atoms with Gasteiger partial charge < -0.3 is 10.1 Å². The molecule has 0 heterocycles. The van der Waals surface area contributed by atoms with Crippen LogP contribution < -0.4 is 14.4 Å². The van der Waals surface area contributed by atoms with Crippen LogP contribution in [0.25, 0.3) is 0 Å². The van der Waals surface area contributed by atoms with Gasteiger partial charge in [-0.05, 0) is 67.9 Å². The van der Waals surface area contributed by atoms with E-state index >= 15 is 0 Å². The number of aryl methyl sites for hydroxylation is 1. The molecule has 0 fully saturated rings. The second kappa shape index (κ2) is 9.23. The first kappa shape index (κ1) is 23.0. The van der Waals surface area contributed by atoms with Gasteiger partial charge in [0.05, 0.1) is 17.7 Å². The second-order valence-electron chi connectivity index (χ2n) is 7.21. The summed E-state index contributed by atoms with van der Waals surface area (Å²) in [6.45, 7) is 3.19. The van der Waals surface area contributed by atoms with Gasteiger partial charge in [0.2, 0.25) is 0 Å². The lowest BCUT2D eigenvalue weighted by molar-refractivity contribution is 0.101. The minimum atomic E-state index is -3.95. The van der Waals surface area contributed by atoms with E-state index in [1.165, 1.54) is 33.2 Å². The van der Waals surface area contributed by atoms with E-state index in [-0.39, 0.29) is 16.2 Å². The van der Waals surface area contributed by atoms with E-state index < -0.39 is 15.9 Å². The number of nitrogens with one attached hydrogen (secondary N) is 1. The van der Waals surface area contributed by atoms with Crippen LogP contribution in [0.2, 0.25) is 0 Å². The van der Waals surface area contributed by atoms with Crippen LogP contribution in [-0.4, -0.2) is 34.3 Å². The van der Waals surface area contributed by atoms with Crippen LogP contribution in [0.1, 0.15) is 33.2 Å². The Morgan fingerprint density at radius 3 is 2.25 bits per heavy atom. The van der Waals surface area contributed by atoms with Crippen molar-refractivity contribution in [1.82, 2.24) is 0 Å². The van der Waals surface area contributed by atoms with Crippen LogP contribution >= 0.6 is 0 Å². The van der Waals surface area contributed by atoms with E-state index in [0.29, 0.717) is 28.3 Å². The van der Waals surface area contributed by atoms with Crippen molar-refractivity contribution in [2.75, 3.05) is 23.8 Å². The molecule has 0 bridgehead atoms. The average Bonchev–Trinajstić information content (AvgIpc) is 2.78. The average molecular weight is 453 g/mol. The number of Topliss-reactive ketones (excluding diaryl/α,β-unsaturated/α-hetero) is 1. The fraction of sp³-hybridized carbons (Fsp3) is 0.167. The van der Waals surface area contributed by atoms with Crippen molar-refractivity contribution in [2.45, 2.75) is 18.7 Å². The molecular formula is C24H24N2O5S. The summed E-state index contributed by atoms with van der Waals surface area (Å²) in [6.07, 6.45) is 0. The third-order valence-electron chi connectivity index (χ3n) is 5.09. The molecule has 0 aliphatic rings. The lowest BCUT2D eigenvalue weighted by Crippen LogP contribution is -2.27. The number of ketones is 1. The molecule has 0 unspecified atom stereocenters. The van der Waals surface area contributed by atoms with Gasteiger partial charge in [0.1, 0.15) is 5.75 Å². The number of methoxy groups -OCH3 is 1. The summed E-state index contributed by atoms with van der Waals surface area (Å²) in [7, 11) is -1.05. The van der Waals surface area contributed by atoms with E-state index in [2.05, 4.69) is 5.32 Å². The van der Waals surface area contributed by atoms with Gasteiger partial charge in [-0.15, -0.1) is 0 Å². The maximum atomic E-state index is 13.3. The van der Waals surface area contributed by atoms with Crippen LogP contribution in [0.4, 0.5) is 11.4 Å². The molecule has 3 rings (SSSR count). The van der Waals surface area contributed by atoms with E-state index in [9.17, 15) is 18.0 Å². The maximum Gasteiger partial charge on any atom is 0.264 e. The van der Waals surface area contributed by atoms with Crippen LogP contribution in [-0.2, 0) is 10.0 Å². The van der Waals surface area contributed by atoms with E-state index in [0.717, 1.165) is 4.31 Å². The first-order valence-corrected chi connectivity index (χ1v) is 11.2. The van der Waals surface area contributed by atoms with Crippen LogP contribution in [0.15, 0.2) is 71.6 Å². The monoisotopic (exact) mass is 452 g/mol. The Morgan fingerprint density at radius 2 is 1.62 bits per heavy atom. The molecule has 0 radical (unpaired) electrons. The van der Waals surface area contributed by atoms with Gasteiger partial charge in [0, 0.05) is 23.9 Å². The number of hydrogen-bond donors (Lipinski definition) is 1. The Hall–Kier alpha value is -3.65. The van der Waals surface area contributed by atoms with Crippen molar-refractivity contribution >= 4 is 33.1 Å². The number of carbonyl (C=O) groups excluding carboxylic acids is 2. The molecule has 0 aliphatic heterocycles. The SMILES string of the molecule is COc1ccccc1N(C)S(=O)(=O)c1ccc(C)c(C(=O)Nc2ccc(C(C)=O)cc2)c1. The zero-order chi connectivity index (χ0) is 23.5. The van der Waals surface area contributed by atoms with Gasteiger partial charge in [-0.25, -0.2) is 8.42 Å². The van der Waals surface area contributed by atoms with Gasteiger partial charge in [-0.1, -0.05) is 18.2 Å². The number of benzene rings is 3. The van der Waals surface area contributed by atoms with Gasteiger partial charge in [-0.3, -0.25) is 13.9 Å². The Kier molecular flexibility index (Phi) is 6.64. The molecule has 3 aromatic carbocycles. The summed E-state index contributed by atoms with van der Waals surface area (Å²) in [5, 5.41) is 2.74. The van der Waals surface area contributed by atoms with Gasteiger partial charge in [0.25, 0.3) is 15.9 Å². The number of nitrogens with zero attached hydrogens (tertiary/aromatic N) is 1. The van der Waals surface area contributed by atoms with Crippen LogP contribution in [0, 0.1) is 6.92 Å². The van der Waals surface area contributed by atoms with E-state index in [4.69, 9.17) is 4.74 Å². The quantitative estimate of drug-likeness (QED) is 0.540. The normalized spacial score (nSPS) is 11.0. The fourth-order valence-electron chi connectivity index (χ4n) is 3.17. The highest BCUT2D eigenvalue weighted by molar-refractivity contribution is 7.92. The highest BCUT2D eigenvalue weighted by Crippen LogP contribution is 2.31. The van der Waals surface area contributed by atoms with Crippen molar-refractivity contribution in [1.29, 1.82) is 0 Å². The molecule has 0 spiro atoms. The van der Waals surface area contributed by atoms with Crippen molar-refractivity contribution in [3.05, 3.63) is 83.4 Å². The minimum absolute atomic E-state index is 0.0198. The van der Waals surface area contributed by atoms with Crippen molar-refractivity contribution in [3.8, 4) is 5.75 Å². The van der Waals surface area contributed by atoms with Crippen molar-refractivity contribution < 1.29 is 22.7 Å². The summed E-state index contributed by atoms with van der Waals surface area (Å²) < 4.78 is 32.9. The lowest BCUT2D eigenvalue weighted by atomic mass is 10.1. The summed E-state index contributed by atoms with van der Waals surface area (Å²) >= 11 is 0. The number of ether oxygens (including phenoxy) is 1. The number of rotatable bonds is 7. The fourth-order valence-corrected chi connectivity index (χ4v) is 4.40. The summed E-state index contributed by atoms with van der Waals surface area (Å²) in [6, 6.07) is 17.7. The number of para-hydroxylation sites is 2. The third kappa shape index (κ3) is 4.65. The molecule has 0 aliphatic carbocycles. The number of amides is 1. The molecule has 32 heavy (non-hydrogen) atoms. The third-order valence-corrected chi connectivity index (χ3v) is 6.85. The Balaban J connectivity index is 1.91. The molecule has 3 aromatic rings. The van der Waals surface area contributed by atoms with Gasteiger partial charge >= 0.3 is 0 Å². The van der Waals surface area contributed by atoms with Crippen molar-refractivity contribution in [2.24, 2.45) is 0 Å². The number of anilines is 2. The molecule has 7 nitrogen and oxygen atoms in total. The predicted octanol–water partition coefficient (Wildman–Crippen LogP) is 4.28. The number of hydrogen-bond acceptors (Lipinski definition) is 5. The molecule has 0 aromatic heterocycles. The molecule has 0 saturated heterocycles. The summed E-state index contributed by atoms with van der Waals surface area (Å²) in [5.74, 6) is -0.108. The predicted molar refractivity (Wildman–Crippen MR) is 124 cm³/mol. The molecule has 166 valence electrons.